The summed E-state index contributed by atoms with van der Waals surface area (Å²) >= 11 is 2.05. The molecule has 0 saturated heterocycles. The molecule has 0 bridgehead atoms. The lowest BCUT2D eigenvalue weighted by Crippen LogP contribution is -2.55. The Kier molecular flexibility index (Phi) is 12.2. The summed E-state index contributed by atoms with van der Waals surface area (Å²) < 4.78 is 17.8. The molecule has 0 heterocycles. The van der Waals surface area contributed by atoms with Gasteiger partial charge in [-0.15, -0.1) is 0 Å². The van der Waals surface area contributed by atoms with Crippen LogP contribution in [0.25, 0.3) is 0 Å². The van der Waals surface area contributed by atoms with Gasteiger partial charge in [0.2, 0.25) is 11.8 Å². The Hall–Kier alpha value is -2.71. The van der Waals surface area contributed by atoms with E-state index in [1.807, 2.05) is 31.2 Å². The molecule has 2 aromatic rings. The van der Waals surface area contributed by atoms with Crippen molar-refractivity contribution in [1.82, 2.24) is 10.2 Å². The van der Waals surface area contributed by atoms with Crippen LogP contribution in [-0.4, -0.2) is 83.8 Å². The number of benzene rings is 2. The quantitative estimate of drug-likeness (QED) is 0.238. The summed E-state index contributed by atoms with van der Waals surface area (Å²) in [4.78, 5) is 28.0. The Labute approximate surface area is 248 Å². The highest BCUT2D eigenvalue weighted by atomic mass is 127. The highest BCUT2D eigenvalue weighted by molar-refractivity contribution is 14.1. The minimum atomic E-state index is -1.21. The Morgan fingerprint density at radius 1 is 1.15 bits per heavy atom. The van der Waals surface area contributed by atoms with Crippen LogP contribution >= 0.6 is 22.6 Å². The molecule has 0 spiro atoms. The molecule has 4 N–H and O–H groups in total. The average molecular weight is 669 g/mol. The molecule has 3 rings (SSSR count). The van der Waals surface area contributed by atoms with Gasteiger partial charge in [-0.2, -0.15) is 0 Å². The molecule has 1 aliphatic carbocycles. The topological polar surface area (TPSA) is 138 Å². The summed E-state index contributed by atoms with van der Waals surface area (Å²) in [5.41, 5.74) is 2.87. The van der Waals surface area contributed by atoms with Crippen molar-refractivity contribution in [2.45, 2.75) is 51.7 Å². The van der Waals surface area contributed by atoms with E-state index in [0.29, 0.717) is 32.8 Å². The summed E-state index contributed by atoms with van der Waals surface area (Å²) in [5.74, 6) is -0.0675. The smallest absolute Gasteiger partial charge is 0.249 e. The predicted octanol–water partition coefficient (Wildman–Crippen LogP) is 2.08. The molecule has 0 saturated carbocycles. The lowest BCUT2D eigenvalue weighted by Gasteiger charge is -2.40. The molecule has 0 aromatic heterocycles. The molecule has 10 nitrogen and oxygen atoms in total. The zero-order valence-corrected chi connectivity index (χ0v) is 25.1. The molecule has 1 aliphatic rings. The maximum absolute atomic E-state index is 13.4. The summed E-state index contributed by atoms with van der Waals surface area (Å²) in [6.07, 6.45) is -0.611. The van der Waals surface area contributed by atoms with Crippen LogP contribution in [0.1, 0.15) is 30.0 Å². The van der Waals surface area contributed by atoms with Gasteiger partial charge in [0.1, 0.15) is 18.8 Å². The molecule has 0 aliphatic heterocycles. The standard InChI is InChI=1S/C29H37IN2O8/c1-4-39-17-26(35)32(15-19-7-5-18(2)6-8-19)23-13-21(29(37)31-9-10-33)14-24(27(23)36)40-28-22(30)11-20(16-34)12-25(28)38-3/h5-8,11-12,14,23-24,27,33-34,36H,4,9-10,13,15-17H2,1-3H3,(H,31,37). The Balaban J connectivity index is 2.02. The minimum Gasteiger partial charge on any atom is -0.493 e. The van der Waals surface area contributed by atoms with Crippen LogP contribution in [0.15, 0.2) is 48.0 Å². The van der Waals surface area contributed by atoms with Crippen LogP contribution in [0, 0.1) is 10.5 Å². The molecule has 2 amide bonds. The van der Waals surface area contributed by atoms with E-state index >= 15 is 0 Å². The number of aliphatic hydroxyl groups excluding tert-OH is 3. The number of ether oxygens (including phenoxy) is 3. The monoisotopic (exact) mass is 668 g/mol. The molecule has 0 radical (unpaired) electrons. The maximum atomic E-state index is 13.4. The van der Waals surface area contributed by atoms with Gasteiger partial charge in [-0.25, -0.2) is 0 Å². The van der Waals surface area contributed by atoms with Crippen LogP contribution in [0.5, 0.6) is 11.5 Å². The van der Waals surface area contributed by atoms with Crippen molar-refractivity contribution in [1.29, 1.82) is 0 Å². The fraction of sp³-hybridized carbons (Fsp3) is 0.448. The highest BCUT2D eigenvalue weighted by Crippen LogP contribution is 2.37. The van der Waals surface area contributed by atoms with Crippen LogP contribution in [-0.2, 0) is 27.5 Å². The normalized spacial score (nSPS) is 18.6. The number of aryl methyl sites for hydroxylation is 1. The second-order valence-electron chi connectivity index (χ2n) is 9.43. The van der Waals surface area contributed by atoms with Gasteiger partial charge in [0.25, 0.3) is 0 Å². The summed E-state index contributed by atoms with van der Waals surface area (Å²) in [5, 5.41) is 33.1. The molecule has 40 heavy (non-hydrogen) atoms. The maximum Gasteiger partial charge on any atom is 0.249 e. The van der Waals surface area contributed by atoms with E-state index in [2.05, 4.69) is 27.9 Å². The van der Waals surface area contributed by atoms with Crippen LogP contribution in [0.4, 0.5) is 0 Å². The zero-order valence-electron chi connectivity index (χ0n) is 22.9. The number of carbonyl (C=O) groups is 2. The Bertz CT molecular complexity index is 1190. The first kappa shape index (κ1) is 31.8. The highest BCUT2D eigenvalue weighted by Gasteiger charge is 2.41. The third-order valence-electron chi connectivity index (χ3n) is 6.56. The van der Waals surface area contributed by atoms with Crippen molar-refractivity contribution in [2.75, 3.05) is 33.5 Å². The van der Waals surface area contributed by atoms with E-state index in [1.165, 1.54) is 12.0 Å². The van der Waals surface area contributed by atoms with Crippen molar-refractivity contribution in [2.24, 2.45) is 0 Å². The number of nitrogens with zero attached hydrogens (tertiary/aromatic N) is 1. The molecule has 218 valence electrons. The van der Waals surface area contributed by atoms with Crippen molar-refractivity contribution >= 4 is 34.4 Å². The largest absolute Gasteiger partial charge is 0.493 e. The van der Waals surface area contributed by atoms with Crippen LogP contribution < -0.4 is 14.8 Å². The van der Waals surface area contributed by atoms with E-state index in [4.69, 9.17) is 14.2 Å². The molecule has 11 heteroatoms. The minimum absolute atomic E-state index is 0.0552. The number of rotatable bonds is 13. The molecule has 3 unspecified atom stereocenters. The van der Waals surface area contributed by atoms with Gasteiger partial charge in [-0.1, -0.05) is 29.8 Å². The van der Waals surface area contributed by atoms with Gasteiger partial charge >= 0.3 is 0 Å². The first-order valence-electron chi connectivity index (χ1n) is 13.1. The number of methoxy groups -OCH3 is 1. The van der Waals surface area contributed by atoms with E-state index in [0.717, 1.165) is 11.1 Å². The third kappa shape index (κ3) is 8.16. The molecular weight excluding hydrogens is 631 g/mol. The summed E-state index contributed by atoms with van der Waals surface area (Å²) in [6.45, 7) is 3.76. The number of hydrogen-bond donors (Lipinski definition) is 4. The van der Waals surface area contributed by atoms with Gasteiger partial charge in [0, 0.05) is 31.7 Å². The number of nitrogens with one attached hydrogen (secondary N) is 1. The van der Waals surface area contributed by atoms with E-state index < -0.39 is 24.2 Å². The van der Waals surface area contributed by atoms with Gasteiger partial charge in [-0.05, 0) is 65.8 Å². The van der Waals surface area contributed by atoms with Crippen molar-refractivity contribution in [3.63, 3.8) is 0 Å². The van der Waals surface area contributed by atoms with Crippen LogP contribution in [0.2, 0.25) is 0 Å². The number of carbonyl (C=O) groups excluding carboxylic acids is 2. The first-order valence-corrected chi connectivity index (χ1v) is 14.1. The van der Waals surface area contributed by atoms with Crippen LogP contribution in [0.3, 0.4) is 0 Å². The van der Waals surface area contributed by atoms with E-state index in [9.17, 15) is 24.9 Å². The lowest BCUT2D eigenvalue weighted by molar-refractivity contribution is -0.144. The average Bonchev–Trinajstić information content (AvgIpc) is 2.96. The number of halogens is 1. The van der Waals surface area contributed by atoms with Gasteiger partial charge < -0.3 is 39.7 Å². The Morgan fingerprint density at radius 2 is 1.88 bits per heavy atom. The van der Waals surface area contributed by atoms with Gasteiger partial charge in [0.15, 0.2) is 11.5 Å². The van der Waals surface area contributed by atoms with Crippen molar-refractivity contribution in [3.05, 3.63) is 68.3 Å². The summed E-state index contributed by atoms with van der Waals surface area (Å²) in [7, 11) is 1.47. The van der Waals surface area contributed by atoms with E-state index in [1.54, 1.807) is 25.1 Å². The molecule has 0 fully saturated rings. The SMILES string of the molecule is CCOCC(=O)N(Cc1ccc(C)cc1)C1CC(C(=O)NCCO)=CC(Oc2c(I)cc(CO)cc2OC)C1O. The lowest BCUT2D eigenvalue weighted by atomic mass is 9.87. The number of aliphatic hydroxyl groups is 3. The molecular formula is C29H37IN2O8. The van der Waals surface area contributed by atoms with E-state index in [-0.39, 0.29) is 45.2 Å². The van der Waals surface area contributed by atoms with Gasteiger partial charge in [0.05, 0.1) is 29.9 Å². The molecule has 3 atom stereocenters. The second kappa shape index (κ2) is 15.3. The van der Waals surface area contributed by atoms with Gasteiger partial charge in [-0.3, -0.25) is 9.59 Å². The van der Waals surface area contributed by atoms with Crippen molar-refractivity contribution < 1.29 is 39.1 Å². The number of hydrogen-bond acceptors (Lipinski definition) is 8. The second-order valence-corrected chi connectivity index (χ2v) is 10.6. The summed E-state index contributed by atoms with van der Waals surface area (Å²) in [6, 6.07) is 10.3. The van der Waals surface area contributed by atoms with Crippen molar-refractivity contribution in [3.8, 4) is 11.5 Å². The predicted molar refractivity (Wildman–Crippen MR) is 157 cm³/mol. The number of amides is 2. The molecule has 2 aromatic carbocycles. The fourth-order valence-electron chi connectivity index (χ4n) is 4.45. The third-order valence-corrected chi connectivity index (χ3v) is 7.37. The first-order chi connectivity index (χ1) is 19.2. The Morgan fingerprint density at radius 3 is 2.50 bits per heavy atom. The fourth-order valence-corrected chi connectivity index (χ4v) is 5.24. The zero-order chi connectivity index (χ0) is 29.2.